The first-order chi connectivity index (χ1) is 7.49. The number of benzene rings is 1. The van der Waals surface area contributed by atoms with Crippen LogP contribution in [0.1, 0.15) is 12.5 Å². The Balaban J connectivity index is 2.33. The molecule has 1 heterocycles. The fourth-order valence-corrected chi connectivity index (χ4v) is 2.15. The minimum absolute atomic E-state index is 0.404. The Morgan fingerprint density at radius 3 is 2.81 bits per heavy atom. The summed E-state index contributed by atoms with van der Waals surface area (Å²) >= 11 is 11.9. The van der Waals surface area contributed by atoms with E-state index in [9.17, 15) is 4.79 Å². The summed E-state index contributed by atoms with van der Waals surface area (Å²) in [6, 6.07) is 5.07. The SMILES string of the molecule is COC(=O)C1OC1(C)c1cc(Cl)ccc1Cl. The van der Waals surface area contributed by atoms with Crippen molar-refractivity contribution in [2.75, 3.05) is 7.11 Å². The largest absolute Gasteiger partial charge is 0.467 e. The van der Waals surface area contributed by atoms with Crippen LogP contribution in [-0.4, -0.2) is 19.2 Å². The van der Waals surface area contributed by atoms with E-state index in [0.717, 1.165) is 0 Å². The van der Waals surface area contributed by atoms with E-state index in [-0.39, 0.29) is 0 Å². The molecule has 0 N–H and O–H groups in total. The molecule has 1 aliphatic rings. The molecule has 0 saturated carbocycles. The van der Waals surface area contributed by atoms with Crippen LogP contribution >= 0.6 is 23.2 Å². The summed E-state index contributed by atoms with van der Waals surface area (Å²) in [7, 11) is 1.32. The molecule has 0 bridgehead atoms. The van der Waals surface area contributed by atoms with Crippen LogP contribution in [0.3, 0.4) is 0 Å². The molecule has 0 radical (unpaired) electrons. The first-order valence-corrected chi connectivity index (χ1v) is 5.46. The molecule has 86 valence electrons. The van der Waals surface area contributed by atoms with Crippen LogP contribution < -0.4 is 0 Å². The fraction of sp³-hybridized carbons (Fsp3) is 0.364. The molecule has 0 aromatic heterocycles. The van der Waals surface area contributed by atoms with E-state index < -0.39 is 17.7 Å². The van der Waals surface area contributed by atoms with Gasteiger partial charge in [-0.1, -0.05) is 23.2 Å². The maximum atomic E-state index is 11.3. The topological polar surface area (TPSA) is 38.8 Å². The maximum Gasteiger partial charge on any atom is 0.338 e. The van der Waals surface area contributed by atoms with Crippen molar-refractivity contribution in [2.45, 2.75) is 18.6 Å². The average Bonchev–Trinajstić information content (AvgIpc) is 2.94. The van der Waals surface area contributed by atoms with E-state index in [2.05, 4.69) is 4.74 Å². The lowest BCUT2D eigenvalue weighted by Gasteiger charge is -2.09. The number of carbonyl (C=O) groups is 1. The third-order valence-electron chi connectivity index (χ3n) is 2.68. The van der Waals surface area contributed by atoms with Gasteiger partial charge in [-0.2, -0.15) is 0 Å². The molecule has 1 saturated heterocycles. The van der Waals surface area contributed by atoms with Crippen molar-refractivity contribution in [3.05, 3.63) is 33.8 Å². The second-order valence-corrected chi connectivity index (χ2v) is 4.60. The van der Waals surface area contributed by atoms with Crippen LogP contribution in [0, 0.1) is 0 Å². The lowest BCUT2D eigenvalue weighted by Crippen LogP contribution is -2.17. The first kappa shape index (κ1) is 11.7. The standard InChI is InChI=1S/C11H10Cl2O3/c1-11(9(16-11)10(14)15-2)7-5-6(12)3-4-8(7)13/h3-5,9H,1-2H3. The summed E-state index contributed by atoms with van der Waals surface area (Å²) in [5.41, 5.74) is -0.0215. The van der Waals surface area contributed by atoms with Gasteiger partial charge in [-0.3, -0.25) is 0 Å². The Kier molecular flexibility index (Phi) is 2.86. The number of rotatable bonds is 2. The van der Waals surface area contributed by atoms with Crippen molar-refractivity contribution in [1.82, 2.24) is 0 Å². The molecule has 2 unspecified atom stereocenters. The number of ether oxygens (including phenoxy) is 2. The van der Waals surface area contributed by atoms with E-state index in [1.165, 1.54) is 7.11 Å². The zero-order valence-electron chi connectivity index (χ0n) is 8.79. The number of esters is 1. The minimum Gasteiger partial charge on any atom is -0.467 e. The highest BCUT2D eigenvalue weighted by atomic mass is 35.5. The van der Waals surface area contributed by atoms with Crippen LogP contribution in [-0.2, 0) is 19.9 Å². The molecular formula is C11H10Cl2O3. The van der Waals surface area contributed by atoms with Crippen LogP contribution in [0.25, 0.3) is 0 Å². The van der Waals surface area contributed by atoms with Gasteiger partial charge >= 0.3 is 5.97 Å². The Morgan fingerprint density at radius 2 is 2.19 bits per heavy atom. The van der Waals surface area contributed by atoms with Gasteiger partial charge < -0.3 is 9.47 Å². The minimum atomic E-state index is -0.727. The highest BCUT2D eigenvalue weighted by Crippen LogP contribution is 2.49. The Labute approximate surface area is 103 Å². The zero-order chi connectivity index (χ0) is 11.9. The van der Waals surface area contributed by atoms with E-state index in [4.69, 9.17) is 27.9 Å². The number of hydrogen-bond donors (Lipinski definition) is 0. The number of methoxy groups -OCH3 is 1. The van der Waals surface area contributed by atoms with Crippen LogP contribution in [0.5, 0.6) is 0 Å². The predicted octanol–water partition coefficient (Wildman–Crippen LogP) is 2.78. The molecule has 2 atom stereocenters. The summed E-state index contributed by atoms with van der Waals surface area (Å²) in [6.07, 6.45) is -0.603. The van der Waals surface area contributed by atoms with Crippen molar-refractivity contribution < 1.29 is 14.3 Å². The monoisotopic (exact) mass is 260 g/mol. The first-order valence-electron chi connectivity index (χ1n) is 4.70. The molecule has 2 rings (SSSR count). The van der Waals surface area contributed by atoms with Gasteiger partial charge in [0.25, 0.3) is 0 Å². The predicted molar refractivity (Wildman–Crippen MR) is 60.7 cm³/mol. The lowest BCUT2D eigenvalue weighted by atomic mass is 9.97. The Hall–Kier alpha value is -0.770. The second kappa shape index (κ2) is 3.91. The molecule has 1 aromatic rings. The average molecular weight is 261 g/mol. The number of halogens is 2. The summed E-state index contributed by atoms with van der Waals surface area (Å²) in [4.78, 5) is 11.3. The molecule has 0 amide bonds. The van der Waals surface area contributed by atoms with Crippen molar-refractivity contribution in [3.63, 3.8) is 0 Å². The van der Waals surface area contributed by atoms with Gasteiger partial charge in [-0.15, -0.1) is 0 Å². The van der Waals surface area contributed by atoms with E-state index in [0.29, 0.717) is 15.6 Å². The van der Waals surface area contributed by atoms with Gasteiger partial charge in [0.05, 0.1) is 7.11 Å². The van der Waals surface area contributed by atoms with Gasteiger partial charge in [0.15, 0.2) is 6.10 Å². The van der Waals surface area contributed by atoms with Gasteiger partial charge in [-0.25, -0.2) is 4.79 Å². The fourth-order valence-electron chi connectivity index (χ4n) is 1.67. The Bertz CT molecular complexity index is 447. The van der Waals surface area contributed by atoms with Gasteiger partial charge in [-0.05, 0) is 25.1 Å². The van der Waals surface area contributed by atoms with Crippen molar-refractivity contribution >= 4 is 29.2 Å². The van der Waals surface area contributed by atoms with Gasteiger partial charge in [0.1, 0.15) is 5.60 Å². The molecule has 1 aromatic carbocycles. The third-order valence-corrected chi connectivity index (χ3v) is 3.25. The van der Waals surface area contributed by atoms with Crippen LogP contribution in [0.2, 0.25) is 10.0 Å². The summed E-state index contributed by atoms with van der Waals surface area (Å²) < 4.78 is 9.98. The number of hydrogen-bond acceptors (Lipinski definition) is 3. The smallest absolute Gasteiger partial charge is 0.338 e. The van der Waals surface area contributed by atoms with Crippen molar-refractivity contribution in [1.29, 1.82) is 0 Å². The molecule has 16 heavy (non-hydrogen) atoms. The maximum absolute atomic E-state index is 11.3. The highest BCUT2D eigenvalue weighted by Gasteiger charge is 2.60. The Morgan fingerprint density at radius 1 is 1.50 bits per heavy atom. The van der Waals surface area contributed by atoms with E-state index >= 15 is 0 Å². The van der Waals surface area contributed by atoms with Crippen LogP contribution in [0.4, 0.5) is 0 Å². The van der Waals surface area contributed by atoms with Crippen molar-refractivity contribution in [3.8, 4) is 0 Å². The molecule has 0 spiro atoms. The number of epoxide rings is 1. The highest BCUT2D eigenvalue weighted by molar-refractivity contribution is 6.33. The normalized spacial score (nSPS) is 27.6. The van der Waals surface area contributed by atoms with Crippen LogP contribution in [0.15, 0.2) is 18.2 Å². The summed E-state index contributed by atoms with van der Waals surface area (Å²) in [6.45, 7) is 1.78. The molecule has 3 nitrogen and oxygen atoms in total. The second-order valence-electron chi connectivity index (χ2n) is 3.75. The lowest BCUT2D eigenvalue weighted by molar-refractivity contribution is -0.142. The van der Waals surface area contributed by atoms with Crippen molar-refractivity contribution in [2.24, 2.45) is 0 Å². The summed E-state index contributed by atoms with van der Waals surface area (Å²) in [5, 5.41) is 1.08. The van der Waals surface area contributed by atoms with Gasteiger partial charge in [0.2, 0.25) is 0 Å². The van der Waals surface area contributed by atoms with E-state index in [1.54, 1.807) is 25.1 Å². The molecule has 1 aliphatic heterocycles. The quantitative estimate of drug-likeness (QED) is 0.607. The molecule has 1 fully saturated rings. The van der Waals surface area contributed by atoms with E-state index in [1.807, 2.05) is 0 Å². The molecule has 5 heteroatoms. The molecular weight excluding hydrogens is 251 g/mol. The number of carbonyl (C=O) groups excluding carboxylic acids is 1. The van der Waals surface area contributed by atoms with Gasteiger partial charge in [0, 0.05) is 15.6 Å². The summed E-state index contributed by atoms with van der Waals surface area (Å²) in [5.74, 6) is -0.404. The zero-order valence-corrected chi connectivity index (χ0v) is 10.3. The third kappa shape index (κ3) is 1.79. The molecule has 0 aliphatic carbocycles.